The maximum absolute atomic E-state index is 9.00. The van der Waals surface area contributed by atoms with Crippen LogP contribution in [0.25, 0.3) is 44.1 Å². The minimum atomic E-state index is -0.833. The number of carboxylic acid groups (broad SMARTS) is 2. The first kappa shape index (κ1) is 36.0. The third-order valence-corrected chi connectivity index (χ3v) is 5.28. The number of fused-ring (bicyclic) bond motifs is 2. The van der Waals surface area contributed by atoms with Crippen molar-refractivity contribution >= 4 is 33.5 Å². The van der Waals surface area contributed by atoms with E-state index in [1.165, 1.54) is 21.5 Å². The Kier molecular flexibility index (Phi) is 16.4. The second kappa shape index (κ2) is 19.2. The van der Waals surface area contributed by atoms with Gasteiger partial charge in [-0.05, 0) is 45.1 Å². The monoisotopic (exact) mass is 740 g/mol. The fraction of sp³-hybridized carbons (Fsp3) is 0.0588. The normalized spacial score (nSPS) is 9.19. The molecule has 6 aromatic rings. The smallest absolute Gasteiger partial charge is 0.300 e. The molecule has 2 aromatic heterocycles. The van der Waals surface area contributed by atoms with Gasteiger partial charge in [-0.15, -0.1) is 71.8 Å². The number of aromatic nitrogens is 2. The summed E-state index contributed by atoms with van der Waals surface area (Å²) in [5.74, 6) is -1.67. The van der Waals surface area contributed by atoms with E-state index < -0.39 is 11.9 Å². The van der Waals surface area contributed by atoms with Gasteiger partial charge in [-0.25, -0.2) is 0 Å². The third-order valence-electron chi connectivity index (χ3n) is 5.28. The number of pyridine rings is 2. The molecule has 0 bridgehead atoms. The molecule has 6 nitrogen and oxygen atoms in total. The van der Waals surface area contributed by atoms with Gasteiger partial charge in [0.15, 0.2) is 0 Å². The van der Waals surface area contributed by atoms with Gasteiger partial charge in [-0.1, -0.05) is 48.5 Å². The molecule has 2 heterocycles. The molecular weight excluding hydrogens is 713 g/mol. The van der Waals surface area contributed by atoms with Gasteiger partial charge in [-0.2, -0.15) is 0 Å². The minimum Gasteiger partial charge on any atom is -0.481 e. The molecule has 0 fully saturated rings. The van der Waals surface area contributed by atoms with Crippen LogP contribution in [0.5, 0.6) is 0 Å². The molecule has 0 aliphatic carbocycles. The summed E-state index contributed by atoms with van der Waals surface area (Å²) < 4.78 is 0. The van der Waals surface area contributed by atoms with Crippen molar-refractivity contribution in [2.24, 2.45) is 0 Å². The van der Waals surface area contributed by atoms with Crippen LogP contribution in [0.4, 0.5) is 0 Å². The Hall–Kier alpha value is -4.04. The number of carboxylic acids is 2. The fourth-order valence-corrected chi connectivity index (χ4v) is 3.75. The van der Waals surface area contributed by atoms with Crippen LogP contribution in [0.3, 0.4) is 0 Å². The van der Waals surface area contributed by atoms with Crippen molar-refractivity contribution in [3.63, 3.8) is 0 Å². The summed E-state index contributed by atoms with van der Waals surface area (Å²) in [6.45, 7) is 2.17. The molecule has 0 unspecified atom stereocenters. The van der Waals surface area contributed by atoms with Gasteiger partial charge in [0.25, 0.3) is 11.9 Å². The predicted molar refractivity (Wildman–Crippen MR) is 159 cm³/mol. The SMILES string of the molecule is CC(=O)O.CC(=O)O.[Pd].[Pd].[c-]1ccccc1-c1nccc2ccccc12.[c-]1ccccc1-c1nccc2ccccc12. The van der Waals surface area contributed by atoms with E-state index >= 15 is 0 Å². The standard InChI is InChI=1S/2C15H10N.2C2H4O2.2Pd/c2*1-2-7-13(8-3-1)15-14-9-5-4-6-12(14)10-11-16-15;2*1-2(3)4;;/h2*1-7,9-11H;2*1H3,(H,3,4);;/q2*-1;;;;. The summed E-state index contributed by atoms with van der Waals surface area (Å²) in [4.78, 5) is 26.9. The first-order valence-electron chi connectivity index (χ1n) is 12.4. The number of benzene rings is 4. The van der Waals surface area contributed by atoms with Crippen molar-refractivity contribution in [1.29, 1.82) is 0 Å². The van der Waals surface area contributed by atoms with Gasteiger partial charge in [0.1, 0.15) is 0 Å². The molecule has 220 valence electrons. The number of hydrogen-bond acceptors (Lipinski definition) is 4. The Balaban J connectivity index is 0.000000324. The first-order chi connectivity index (χ1) is 19.4. The minimum absolute atomic E-state index is 0. The largest absolute Gasteiger partial charge is 0.481 e. The zero-order valence-corrected chi connectivity index (χ0v) is 25.9. The summed E-state index contributed by atoms with van der Waals surface area (Å²) >= 11 is 0. The van der Waals surface area contributed by atoms with Gasteiger partial charge in [0.05, 0.1) is 0 Å². The van der Waals surface area contributed by atoms with E-state index in [0.717, 1.165) is 36.4 Å². The van der Waals surface area contributed by atoms with Crippen LogP contribution in [-0.4, -0.2) is 32.1 Å². The van der Waals surface area contributed by atoms with Crippen molar-refractivity contribution in [3.8, 4) is 22.5 Å². The molecule has 8 heteroatoms. The van der Waals surface area contributed by atoms with Crippen molar-refractivity contribution in [2.75, 3.05) is 0 Å². The first-order valence-corrected chi connectivity index (χ1v) is 12.4. The van der Waals surface area contributed by atoms with Gasteiger partial charge in [-0.3, -0.25) is 9.59 Å². The predicted octanol–water partition coefficient (Wildman–Crippen LogP) is 7.58. The molecule has 0 atom stereocenters. The van der Waals surface area contributed by atoms with Crippen molar-refractivity contribution < 1.29 is 60.6 Å². The Bertz CT molecular complexity index is 1540. The van der Waals surface area contributed by atoms with Crippen LogP contribution >= 0.6 is 0 Å². The number of nitrogens with zero attached hydrogens (tertiary/aromatic N) is 2. The van der Waals surface area contributed by atoms with Crippen LogP contribution in [0.15, 0.2) is 122 Å². The maximum atomic E-state index is 9.00. The maximum Gasteiger partial charge on any atom is 0.300 e. The summed E-state index contributed by atoms with van der Waals surface area (Å²) in [7, 11) is 0. The molecule has 2 N–H and O–H groups in total. The molecule has 0 saturated heterocycles. The number of rotatable bonds is 2. The van der Waals surface area contributed by atoms with Crippen molar-refractivity contribution in [3.05, 3.63) is 134 Å². The molecule has 0 aliphatic heterocycles. The fourth-order valence-electron chi connectivity index (χ4n) is 3.75. The Morgan fingerprint density at radius 2 is 0.881 bits per heavy atom. The van der Waals surface area contributed by atoms with E-state index in [1.54, 1.807) is 0 Å². The Labute approximate surface area is 272 Å². The average molecular weight is 741 g/mol. The molecule has 6 rings (SSSR count). The zero-order valence-electron chi connectivity index (χ0n) is 22.8. The summed E-state index contributed by atoms with van der Waals surface area (Å²) in [5.41, 5.74) is 4.08. The second-order valence-corrected chi connectivity index (χ2v) is 8.35. The summed E-state index contributed by atoms with van der Waals surface area (Å²) in [5, 5.41) is 19.6. The van der Waals surface area contributed by atoms with Gasteiger partial charge >= 0.3 is 0 Å². The van der Waals surface area contributed by atoms with Gasteiger partial charge in [0.2, 0.25) is 0 Å². The summed E-state index contributed by atoms with van der Waals surface area (Å²) in [6.07, 6.45) is 3.69. The van der Waals surface area contributed by atoms with Crippen molar-refractivity contribution in [2.45, 2.75) is 13.8 Å². The molecule has 0 spiro atoms. The van der Waals surface area contributed by atoms with E-state index in [9.17, 15) is 0 Å². The van der Waals surface area contributed by atoms with E-state index in [0.29, 0.717) is 0 Å². The third kappa shape index (κ3) is 11.5. The molecule has 42 heavy (non-hydrogen) atoms. The zero-order chi connectivity index (χ0) is 28.7. The average Bonchev–Trinajstić information content (AvgIpc) is 2.97. The van der Waals surface area contributed by atoms with Crippen LogP contribution in [0.2, 0.25) is 0 Å². The van der Waals surface area contributed by atoms with E-state index in [2.05, 4.69) is 46.4 Å². The van der Waals surface area contributed by atoms with Crippen LogP contribution in [-0.2, 0) is 50.4 Å². The molecular formula is C34H28N2O4Pd2-2. The second-order valence-electron chi connectivity index (χ2n) is 8.35. The number of aliphatic carboxylic acids is 2. The molecule has 0 amide bonds. The Morgan fingerprint density at radius 1 is 0.548 bits per heavy atom. The number of carbonyl (C=O) groups is 2. The Morgan fingerprint density at radius 3 is 1.21 bits per heavy atom. The number of hydrogen-bond donors (Lipinski definition) is 2. The van der Waals surface area contributed by atoms with Crippen LogP contribution in [0, 0.1) is 12.1 Å². The molecule has 4 aromatic carbocycles. The summed E-state index contributed by atoms with van der Waals surface area (Å²) in [6, 6.07) is 42.9. The topological polar surface area (TPSA) is 100 Å². The quantitative estimate of drug-likeness (QED) is 0.140. The van der Waals surface area contributed by atoms with Gasteiger partial charge in [0, 0.05) is 67.1 Å². The van der Waals surface area contributed by atoms with Gasteiger partial charge < -0.3 is 20.2 Å². The van der Waals surface area contributed by atoms with Crippen molar-refractivity contribution in [1.82, 2.24) is 9.97 Å². The van der Waals surface area contributed by atoms with Crippen LogP contribution in [0.1, 0.15) is 13.8 Å². The molecule has 0 aliphatic rings. The van der Waals surface area contributed by atoms with E-state index in [-0.39, 0.29) is 40.8 Å². The van der Waals surface area contributed by atoms with Crippen LogP contribution < -0.4 is 0 Å². The van der Waals surface area contributed by atoms with E-state index in [4.69, 9.17) is 19.8 Å². The molecule has 0 saturated carbocycles. The van der Waals surface area contributed by atoms with E-state index in [1.807, 2.05) is 97.3 Å². The molecule has 0 radical (unpaired) electrons.